The molecule has 1 fully saturated rings. The number of carbonyl (C=O) groups excluding carboxylic acids is 1. The number of hydrogen-bond acceptors (Lipinski definition) is 5. The largest absolute Gasteiger partial charge is 0.492 e. The van der Waals surface area contributed by atoms with Crippen LogP contribution in [0.15, 0.2) is 59.5 Å². The van der Waals surface area contributed by atoms with Gasteiger partial charge in [0, 0.05) is 11.6 Å². The molecule has 4 aromatic rings. The van der Waals surface area contributed by atoms with E-state index in [4.69, 9.17) is 16.3 Å². The molecule has 8 nitrogen and oxygen atoms in total. The molecule has 2 N–H and O–H groups in total. The zero-order chi connectivity index (χ0) is 39.9. The predicted molar refractivity (Wildman–Crippen MR) is 188 cm³/mol. The molecule has 288 valence electrons. The average Bonchev–Trinajstić information content (AvgIpc) is 3.95. The normalized spacial score (nSPS) is 13.9. The molecule has 54 heavy (non-hydrogen) atoms. The smallest absolute Gasteiger partial charge is 0.335 e. The number of hydrogen-bond donors (Lipinski definition) is 2. The van der Waals surface area contributed by atoms with Crippen LogP contribution < -0.4 is 10.1 Å². The van der Waals surface area contributed by atoms with Crippen LogP contribution in [0.2, 0.25) is 5.02 Å². The van der Waals surface area contributed by atoms with Crippen molar-refractivity contribution in [1.29, 1.82) is 0 Å². The van der Waals surface area contributed by atoms with E-state index in [2.05, 4.69) is 5.32 Å². The number of benzene rings is 4. The van der Waals surface area contributed by atoms with Crippen molar-refractivity contribution < 1.29 is 54.2 Å². The van der Waals surface area contributed by atoms with Crippen molar-refractivity contribution >= 4 is 39.2 Å². The summed E-state index contributed by atoms with van der Waals surface area (Å²) in [5.74, 6) is -16.3. The van der Waals surface area contributed by atoms with Crippen LogP contribution in [0, 0.1) is 34.9 Å². The Morgan fingerprint density at radius 3 is 2.11 bits per heavy atom. The van der Waals surface area contributed by atoms with Crippen molar-refractivity contribution in [3.63, 3.8) is 0 Å². The van der Waals surface area contributed by atoms with Crippen LogP contribution in [0.25, 0.3) is 0 Å². The second-order valence-corrected chi connectivity index (χ2v) is 16.1. The highest BCUT2D eigenvalue weighted by molar-refractivity contribution is 7.89. The summed E-state index contributed by atoms with van der Waals surface area (Å²) in [7, 11) is -5.88. The summed E-state index contributed by atoms with van der Waals surface area (Å²) in [5, 5.41) is 11.6. The van der Waals surface area contributed by atoms with Crippen LogP contribution in [0.5, 0.6) is 5.75 Å². The minimum Gasteiger partial charge on any atom is -0.492 e. The Balaban J connectivity index is 1.76. The third-order valence-electron chi connectivity index (χ3n) is 8.87. The molecule has 0 spiro atoms. The van der Waals surface area contributed by atoms with Gasteiger partial charge < -0.3 is 15.2 Å². The Morgan fingerprint density at radius 2 is 1.56 bits per heavy atom. The molecule has 4 aromatic carbocycles. The Labute approximate surface area is 312 Å². The number of halogens is 7. The second kappa shape index (κ2) is 15.6. The SMILES string of the molecule is CCOc1cc(C(=O)O)ccc1NC(=O)C(Cc1cc(C2CC2)cc(C(C)(C)C)c1)N(Cc1ccc(F)cc1Cl)S(=O)(=O)c1c(F)c(F)c(F)c(F)c1F. The maximum absolute atomic E-state index is 15.4. The molecule has 0 heterocycles. The number of carboxylic acids is 1. The van der Waals surface area contributed by atoms with Gasteiger partial charge in [0.15, 0.2) is 28.2 Å². The van der Waals surface area contributed by atoms with E-state index in [0.29, 0.717) is 5.56 Å². The fourth-order valence-electron chi connectivity index (χ4n) is 5.83. The van der Waals surface area contributed by atoms with E-state index in [0.717, 1.165) is 54.3 Å². The Bertz CT molecular complexity index is 2220. The van der Waals surface area contributed by atoms with Crippen LogP contribution >= 0.6 is 11.6 Å². The average molecular weight is 797 g/mol. The van der Waals surface area contributed by atoms with Gasteiger partial charge in [0.05, 0.1) is 17.9 Å². The van der Waals surface area contributed by atoms with Gasteiger partial charge in [-0.25, -0.2) is 39.6 Å². The molecule has 0 aromatic heterocycles. The lowest BCUT2D eigenvalue weighted by molar-refractivity contribution is -0.119. The van der Waals surface area contributed by atoms with Crippen molar-refractivity contribution in [3.8, 4) is 5.75 Å². The molecule has 5 rings (SSSR count). The maximum Gasteiger partial charge on any atom is 0.335 e. The van der Waals surface area contributed by atoms with E-state index in [1.165, 1.54) is 6.07 Å². The summed E-state index contributed by atoms with van der Waals surface area (Å²) in [6.07, 6.45) is 1.22. The second-order valence-electron chi connectivity index (χ2n) is 13.8. The lowest BCUT2D eigenvalue weighted by Gasteiger charge is -2.32. The molecular weight excluding hydrogens is 762 g/mol. The van der Waals surface area contributed by atoms with Crippen LogP contribution in [0.1, 0.15) is 79.1 Å². The molecule has 1 unspecified atom stereocenters. The van der Waals surface area contributed by atoms with E-state index in [1.807, 2.05) is 26.8 Å². The summed E-state index contributed by atoms with van der Waals surface area (Å²) in [6.45, 7) is 6.36. The predicted octanol–water partition coefficient (Wildman–Crippen LogP) is 8.89. The number of ether oxygens (including phenoxy) is 1. The van der Waals surface area contributed by atoms with E-state index < -0.39 is 86.1 Å². The minimum atomic E-state index is -5.88. The van der Waals surface area contributed by atoms with E-state index >= 15 is 8.78 Å². The number of aromatic carboxylic acids is 1. The van der Waals surface area contributed by atoms with Crippen molar-refractivity contribution in [2.45, 2.75) is 75.8 Å². The van der Waals surface area contributed by atoms with E-state index in [1.54, 1.807) is 19.1 Å². The first-order chi connectivity index (χ1) is 25.2. The first-order valence-corrected chi connectivity index (χ1v) is 18.5. The maximum atomic E-state index is 15.4. The number of nitrogens with zero attached hydrogens (tertiary/aromatic N) is 1. The van der Waals surface area contributed by atoms with Gasteiger partial charge >= 0.3 is 5.97 Å². The van der Waals surface area contributed by atoms with Crippen molar-refractivity contribution in [3.05, 3.63) is 122 Å². The molecule has 1 saturated carbocycles. The lowest BCUT2D eigenvalue weighted by Crippen LogP contribution is -2.48. The third-order valence-corrected chi connectivity index (χ3v) is 11.1. The number of rotatable bonds is 13. The Hall–Kier alpha value is -4.60. The zero-order valence-corrected chi connectivity index (χ0v) is 30.9. The van der Waals surface area contributed by atoms with Gasteiger partial charge in [0.25, 0.3) is 0 Å². The van der Waals surface area contributed by atoms with E-state index in [9.17, 15) is 40.7 Å². The fraction of sp³-hybridized carbons (Fsp3) is 0.316. The molecule has 16 heteroatoms. The van der Waals surface area contributed by atoms with Gasteiger partial charge in [-0.15, -0.1) is 0 Å². The standard InChI is InChI=1S/C38H35ClF6N2O6S/c1-5-53-29-16-21(37(49)50)9-11-27(29)46-36(48)28(14-19-12-23(20-6-7-20)15-24(13-19)38(2,3)4)47(18-22-8-10-25(40)17-26(22)39)54(51,52)35-33(44)31(42)30(41)32(43)34(35)45/h8-13,15-17,20,28H,5-7,14,18H2,1-4H3,(H,46,48)(H,49,50). The summed E-state index contributed by atoms with van der Waals surface area (Å²) in [6, 6.07) is 9.57. The Morgan fingerprint density at radius 1 is 0.926 bits per heavy atom. The molecule has 0 bridgehead atoms. The quantitative estimate of drug-likeness (QED) is 0.0795. The molecule has 1 aliphatic rings. The van der Waals surface area contributed by atoms with Crippen LogP contribution in [0.4, 0.5) is 32.0 Å². The van der Waals surface area contributed by atoms with Gasteiger partial charge in [-0.3, -0.25) is 4.79 Å². The van der Waals surface area contributed by atoms with Crippen molar-refractivity contribution in [2.24, 2.45) is 0 Å². The Kier molecular flexibility index (Phi) is 11.7. The molecule has 0 radical (unpaired) electrons. The summed E-state index contributed by atoms with van der Waals surface area (Å²) in [5.41, 5.74) is 1.09. The fourth-order valence-corrected chi connectivity index (χ4v) is 7.74. The topological polar surface area (TPSA) is 113 Å². The first-order valence-electron chi connectivity index (χ1n) is 16.7. The van der Waals surface area contributed by atoms with Gasteiger partial charge in [-0.05, 0) is 90.1 Å². The molecule has 0 saturated heterocycles. The summed E-state index contributed by atoms with van der Waals surface area (Å²) < 4.78 is 123. The zero-order valence-electron chi connectivity index (χ0n) is 29.4. The minimum absolute atomic E-state index is 0.00271. The lowest BCUT2D eigenvalue weighted by atomic mass is 9.83. The van der Waals surface area contributed by atoms with Gasteiger partial charge in [-0.1, -0.05) is 56.6 Å². The third kappa shape index (κ3) is 8.53. The molecular formula is C38H35ClF6N2O6S. The number of carboxylic acid groups (broad SMARTS) is 1. The highest BCUT2D eigenvalue weighted by Crippen LogP contribution is 2.42. The van der Waals surface area contributed by atoms with Crippen molar-refractivity contribution in [2.75, 3.05) is 11.9 Å². The van der Waals surface area contributed by atoms with Crippen molar-refractivity contribution in [1.82, 2.24) is 4.31 Å². The van der Waals surface area contributed by atoms with E-state index in [-0.39, 0.29) is 44.4 Å². The molecule has 0 aliphatic heterocycles. The number of carbonyl (C=O) groups is 2. The van der Waals surface area contributed by atoms with Gasteiger partial charge in [0.2, 0.25) is 21.7 Å². The summed E-state index contributed by atoms with van der Waals surface area (Å²) >= 11 is 6.26. The van der Waals surface area contributed by atoms with Crippen LogP contribution in [-0.4, -0.2) is 42.4 Å². The number of anilines is 1. The summed E-state index contributed by atoms with van der Waals surface area (Å²) in [4.78, 5) is 24.0. The molecule has 1 amide bonds. The number of amides is 1. The first kappa shape index (κ1) is 40.6. The van der Waals surface area contributed by atoms with Gasteiger partial charge in [-0.2, -0.15) is 4.31 Å². The molecule has 1 atom stereocenters. The monoisotopic (exact) mass is 796 g/mol. The number of nitrogens with one attached hydrogen (secondary N) is 1. The molecule has 1 aliphatic carbocycles. The van der Waals surface area contributed by atoms with Crippen LogP contribution in [0.3, 0.4) is 0 Å². The highest BCUT2D eigenvalue weighted by Gasteiger charge is 2.43. The van der Waals surface area contributed by atoms with Gasteiger partial charge in [0.1, 0.15) is 17.6 Å². The highest BCUT2D eigenvalue weighted by atomic mass is 35.5. The number of sulfonamides is 1. The van der Waals surface area contributed by atoms with Crippen LogP contribution in [-0.2, 0) is 33.2 Å².